The molecule has 126 valence electrons. The van der Waals surface area contributed by atoms with Gasteiger partial charge in [-0.05, 0) is 74.8 Å². The zero-order chi connectivity index (χ0) is 16.5. The lowest BCUT2D eigenvalue weighted by Crippen LogP contribution is -2.54. The van der Waals surface area contributed by atoms with Crippen molar-refractivity contribution in [3.05, 3.63) is 0 Å². The highest BCUT2D eigenvalue weighted by molar-refractivity contribution is 5.80. The summed E-state index contributed by atoms with van der Waals surface area (Å²) < 4.78 is 5.23. The Kier molecular flexibility index (Phi) is 9.83. The molecule has 0 fully saturated rings. The summed E-state index contributed by atoms with van der Waals surface area (Å²) in [5, 5.41) is 3.36. The minimum atomic E-state index is -0.611. The third-order valence-electron chi connectivity index (χ3n) is 3.47. The maximum Gasteiger partial charge on any atom is 0.326 e. The average Bonchev–Trinajstić information content (AvgIpc) is 2.35. The van der Waals surface area contributed by atoms with Crippen molar-refractivity contribution in [2.45, 2.75) is 52.1 Å². The minimum absolute atomic E-state index is 0.152. The third kappa shape index (κ3) is 9.06. The van der Waals surface area contributed by atoms with Crippen LogP contribution in [0.4, 0.5) is 0 Å². The van der Waals surface area contributed by atoms with Crippen LogP contribution in [-0.2, 0) is 9.53 Å². The third-order valence-corrected chi connectivity index (χ3v) is 3.47. The highest BCUT2D eigenvalue weighted by Crippen LogP contribution is 2.14. The molecule has 0 heterocycles. The molecule has 5 heteroatoms. The summed E-state index contributed by atoms with van der Waals surface area (Å²) in [6.45, 7) is 11.3. The summed E-state index contributed by atoms with van der Waals surface area (Å²) in [5.74, 6) is -0.152. The molecule has 0 aliphatic rings. The van der Waals surface area contributed by atoms with Crippen LogP contribution >= 0.6 is 0 Å². The van der Waals surface area contributed by atoms with Crippen LogP contribution in [0.2, 0.25) is 0 Å². The minimum Gasteiger partial charge on any atom is -0.465 e. The van der Waals surface area contributed by atoms with Gasteiger partial charge >= 0.3 is 5.97 Å². The molecule has 0 aliphatic heterocycles. The predicted molar refractivity (Wildman–Crippen MR) is 88.6 cm³/mol. The lowest BCUT2D eigenvalue weighted by atomic mass is 9.96. The number of nitrogens with one attached hydrogen (secondary N) is 1. The number of ether oxygens (including phenoxy) is 1. The fourth-order valence-corrected chi connectivity index (χ4v) is 2.34. The molecular formula is C16H35N3O2. The van der Waals surface area contributed by atoms with Gasteiger partial charge in [-0.3, -0.25) is 10.1 Å². The Hall–Kier alpha value is -0.650. The first-order chi connectivity index (χ1) is 9.71. The molecule has 0 spiro atoms. The lowest BCUT2D eigenvalue weighted by molar-refractivity contribution is -0.151. The van der Waals surface area contributed by atoms with E-state index in [0.717, 1.165) is 32.5 Å². The molecule has 0 aromatic carbocycles. The Balaban J connectivity index is 4.37. The normalized spacial score (nSPS) is 14.8. The number of carbonyl (C=O) groups is 1. The van der Waals surface area contributed by atoms with Gasteiger partial charge in [0.25, 0.3) is 0 Å². The summed E-state index contributed by atoms with van der Waals surface area (Å²) in [6.07, 6.45) is 1.89. The molecule has 0 bridgehead atoms. The molecule has 0 radical (unpaired) electrons. The Morgan fingerprint density at radius 2 is 1.81 bits per heavy atom. The van der Waals surface area contributed by atoms with Crippen molar-refractivity contribution >= 4 is 5.97 Å². The maximum absolute atomic E-state index is 12.2. The van der Waals surface area contributed by atoms with Crippen molar-refractivity contribution in [1.82, 2.24) is 15.1 Å². The van der Waals surface area contributed by atoms with E-state index in [9.17, 15) is 4.79 Å². The Labute approximate surface area is 131 Å². The standard InChI is InChI=1S/C16H35N3O2/c1-8-21-15(20)16(4,17-14(2)3)10-13-19(7)12-9-11-18(5)6/h14,17H,8-13H2,1-7H3. The van der Waals surface area contributed by atoms with Crippen LogP contribution in [-0.4, -0.2) is 74.7 Å². The molecule has 1 atom stereocenters. The molecule has 0 saturated heterocycles. The van der Waals surface area contributed by atoms with E-state index < -0.39 is 5.54 Å². The number of hydrogen-bond acceptors (Lipinski definition) is 5. The fraction of sp³-hybridized carbons (Fsp3) is 0.938. The zero-order valence-electron chi connectivity index (χ0n) is 15.0. The molecule has 5 nitrogen and oxygen atoms in total. The van der Waals surface area contributed by atoms with E-state index in [2.05, 4.69) is 50.1 Å². The monoisotopic (exact) mass is 301 g/mol. The van der Waals surface area contributed by atoms with E-state index in [0.29, 0.717) is 6.61 Å². The highest BCUT2D eigenvalue weighted by atomic mass is 16.5. The van der Waals surface area contributed by atoms with Gasteiger partial charge in [-0.15, -0.1) is 0 Å². The number of esters is 1. The topological polar surface area (TPSA) is 44.8 Å². The van der Waals surface area contributed by atoms with Crippen molar-refractivity contribution < 1.29 is 9.53 Å². The van der Waals surface area contributed by atoms with Crippen molar-refractivity contribution in [3.63, 3.8) is 0 Å². The van der Waals surface area contributed by atoms with Crippen LogP contribution in [0.5, 0.6) is 0 Å². The fourth-order valence-electron chi connectivity index (χ4n) is 2.34. The van der Waals surface area contributed by atoms with Gasteiger partial charge in [-0.2, -0.15) is 0 Å². The van der Waals surface area contributed by atoms with Crippen molar-refractivity contribution in [3.8, 4) is 0 Å². The quantitative estimate of drug-likeness (QED) is 0.587. The molecule has 0 amide bonds. The highest BCUT2D eigenvalue weighted by Gasteiger charge is 2.34. The van der Waals surface area contributed by atoms with E-state index in [4.69, 9.17) is 4.74 Å². The molecule has 21 heavy (non-hydrogen) atoms. The first-order valence-corrected chi connectivity index (χ1v) is 7.99. The Morgan fingerprint density at radius 1 is 1.19 bits per heavy atom. The van der Waals surface area contributed by atoms with Crippen molar-refractivity contribution in [1.29, 1.82) is 0 Å². The van der Waals surface area contributed by atoms with Gasteiger partial charge in [0.2, 0.25) is 0 Å². The summed E-state index contributed by atoms with van der Waals surface area (Å²) in [6, 6.07) is 0.249. The first kappa shape index (κ1) is 20.3. The van der Waals surface area contributed by atoms with Gasteiger partial charge in [0.15, 0.2) is 0 Å². The molecule has 0 aromatic rings. The van der Waals surface area contributed by atoms with Gasteiger partial charge in [0.05, 0.1) is 6.61 Å². The van der Waals surface area contributed by atoms with Gasteiger partial charge in [-0.1, -0.05) is 0 Å². The number of rotatable bonds is 11. The van der Waals surface area contributed by atoms with Crippen molar-refractivity contribution in [2.75, 3.05) is 47.4 Å². The second-order valence-corrected chi connectivity index (χ2v) is 6.56. The van der Waals surface area contributed by atoms with Gasteiger partial charge < -0.3 is 14.5 Å². The SMILES string of the molecule is CCOC(=O)C(C)(CCN(C)CCCN(C)C)NC(C)C. The second kappa shape index (κ2) is 10.1. The molecule has 0 saturated carbocycles. The molecule has 0 aliphatic carbocycles. The maximum atomic E-state index is 12.2. The van der Waals surface area contributed by atoms with E-state index >= 15 is 0 Å². The zero-order valence-corrected chi connectivity index (χ0v) is 15.0. The molecule has 0 rings (SSSR count). The predicted octanol–water partition coefficient (Wildman–Crippen LogP) is 1.58. The van der Waals surface area contributed by atoms with Gasteiger partial charge in [-0.25, -0.2) is 0 Å². The van der Waals surface area contributed by atoms with Gasteiger partial charge in [0.1, 0.15) is 5.54 Å². The molecular weight excluding hydrogens is 266 g/mol. The number of nitrogens with zero attached hydrogens (tertiary/aromatic N) is 2. The Morgan fingerprint density at radius 3 is 2.29 bits per heavy atom. The van der Waals surface area contributed by atoms with Crippen LogP contribution in [0.25, 0.3) is 0 Å². The van der Waals surface area contributed by atoms with Crippen LogP contribution in [0.15, 0.2) is 0 Å². The number of carbonyl (C=O) groups excluding carboxylic acids is 1. The van der Waals surface area contributed by atoms with E-state index in [1.807, 2.05) is 13.8 Å². The molecule has 1 unspecified atom stereocenters. The molecule has 1 N–H and O–H groups in total. The van der Waals surface area contributed by atoms with Crippen LogP contribution < -0.4 is 5.32 Å². The van der Waals surface area contributed by atoms with Crippen LogP contribution in [0.3, 0.4) is 0 Å². The summed E-state index contributed by atoms with van der Waals surface area (Å²) in [4.78, 5) is 16.7. The molecule has 0 aromatic heterocycles. The van der Waals surface area contributed by atoms with Crippen molar-refractivity contribution in [2.24, 2.45) is 0 Å². The van der Waals surface area contributed by atoms with Gasteiger partial charge in [0, 0.05) is 12.6 Å². The smallest absolute Gasteiger partial charge is 0.326 e. The largest absolute Gasteiger partial charge is 0.465 e. The summed E-state index contributed by atoms with van der Waals surface area (Å²) in [7, 11) is 6.28. The van der Waals surface area contributed by atoms with E-state index in [1.54, 1.807) is 0 Å². The first-order valence-electron chi connectivity index (χ1n) is 7.99. The second-order valence-electron chi connectivity index (χ2n) is 6.56. The van der Waals surface area contributed by atoms with Crippen LogP contribution in [0.1, 0.15) is 40.5 Å². The Bertz CT molecular complexity index is 295. The lowest BCUT2D eigenvalue weighted by Gasteiger charge is -2.32. The van der Waals surface area contributed by atoms with E-state index in [-0.39, 0.29) is 12.0 Å². The summed E-state index contributed by atoms with van der Waals surface area (Å²) >= 11 is 0. The van der Waals surface area contributed by atoms with E-state index in [1.165, 1.54) is 0 Å². The van der Waals surface area contributed by atoms with Crippen LogP contribution in [0, 0.1) is 0 Å². The number of hydrogen-bond donors (Lipinski definition) is 1. The summed E-state index contributed by atoms with van der Waals surface area (Å²) in [5.41, 5.74) is -0.611. The average molecular weight is 301 g/mol.